The summed E-state index contributed by atoms with van der Waals surface area (Å²) in [6.07, 6.45) is 6.50. The first-order valence-corrected chi connectivity index (χ1v) is 9.14. The molecule has 0 aromatic carbocycles. The Kier molecular flexibility index (Phi) is 7.65. The van der Waals surface area contributed by atoms with Crippen LogP contribution in [-0.2, 0) is 9.53 Å². The Balaban J connectivity index is 1.72. The summed E-state index contributed by atoms with van der Waals surface area (Å²) < 4.78 is 5.59. The van der Waals surface area contributed by atoms with Crippen LogP contribution < -0.4 is 10.6 Å². The van der Waals surface area contributed by atoms with Crippen molar-refractivity contribution in [3.05, 3.63) is 0 Å². The minimum absolute atomic E-state index is 0.250. The smallest absolute Gasteiger partial charge is 0.224 e. The van der Waals surface area contributed by atoms with Crippen LogP contribution in [0.1, 0.15) is 52.4 Å². The molecule has 6 heteroatoms. The molecule has 2 aliphatic rings. The van der Waals surface area contributed by atoms with Gasteiger partial charge in [-0.1, -0.05) is 0 Å². The van der Waals surface area contributed by atoms with Gasteiger partial charge in [0, 0.05) is 38.7 Å². The molecule has 0 aromatic heterocycles. The van der Waals surface area contributed by atoms with Crippen LogP contribution in [0.15, 0.2) is 4.99 Å². The van der Waals surface area contributed by atoms with Crippen molar-refractivity contribution in [2.75, 3.05) is 32.8 Å². The molecule has 0 spiro atoms. The molecule has 0 bridgehead atoms. The molecule has 132 valence electrons. The van der Waals surface area contributed by atoms with E-state index < -0.39 is 0 Å². The highest BCUT2D eigenvalue weighted by Crippen LogP contribution is 2.17. The van der Waals surface area contributed by atoms with E-state index >= 15 is 0 Å². The maximum atomic E-state index is 12.3. The molecular weight excluding hydrogens is 292 g/mol. The summed E-state index contributed by atoms with van der Waals surface area (Å²) in [5.41, 5.74) is 0. The molecule has 2 aliphatic heterocycles. The number of nitrogens with zero attached hydrogens (tertiary/aromatic N) is 2. The quantitative estimate of drug-likeness (QED) is 0.574. The van der Waals surface area contributed by atoms with Crippen molar-refractivity contribution in [1.29, 1.82) is 0 Å². The monoisotopic (exact) mass is 324 g/mol. The van der Waals surface area contributed by atoms with Gasteiger partial charge in [0.25, 0.3) is 0 Å². The molecule has 23 heavy (non-hydrogen) atoms. The number of ether oxygens (including phenoxy) is 1. The molecule has 2 heterocycles. The highest BCUT2D eigenvalue weighted by molar-refractivity contribution is 5.81. The minimum atomic E-state index is 0.250. The van der Waals surface area contributed by atoms with Crippen molar-refractivity contribution in [3.8, 4) is 0 Å². The van der Waals surface area contributed by atoms with Gasteiger partial charge in [0.15, 0.2) is 5.96 Å². The Labute approximate surface area is 140 Å². The lowest BCUT2D eigenvalue weighted by Crippen LogP contribution is -2.44. The van der Waals surface area contributed by atoms with Gasteiger partial charge in [0.2, 0.25) is 5.91 Å². The van der Waals surface area contributed by atoms with E-state index in [0.29, 0.717) is 25.6 Å². The number of amides is 1. The van der Waals surface area contributed by atoms with Gasteiger partial charge in [-0.05, 0) is 46.0 Å². The van der Waals surface area contributed by atoms with E-state index in [4.69, 9.17) is 4.74 Å². The van der Waals surface area contributed by atoms with Crippen LogP contribution in [0.4, 0.5) is 0 Å². The van der Waals surface area contributed by atoms with Gasteiger partial charge < -0.3 is 20.3 Å². The average molecular weight is 324 g/mol. The van der Waals surface area contributed by atoms with Gasteiger partial charge in [-0.25, -0.2) is 0 Å². The summed E-state index contributed by atoms with van der Waals surface area (Å²) in [5, 5.41) is 6.49. The number of piperidine rings is 1. The lowest BCUT2D eigenvalue weighted by Gasteiger charge is -2.33. The van der Waals surface area contributed by atoms with Crippen LogP contribution in [0.2, 0.25) is 0 Å². The molecule has 2 saturated heterocycles. The van der Waals surface area contributed by atoms with Crippen molar-refractivity contribution in [1.82, 2.24) is 15.5 Å². The molecule has 6 nitrogen and oxygen atoms in total. The number of hydrogen-bond acceptors (Lipinski definition) is 3. The Bertz CT molecular complexity index is 394. The van der Waals surface area contributed by atoms with Crippen molar-refractivity contribution in [2.45, 2.75) is 64.5 Å². The number of rotatable bonds is 6. The van der Waals surface area contributed by atoms with Gasteiger partial charge in [0.05, 0.1) is 12.6 Å². The molecule has 0 aromatic rings. The van der Waals surface area contributed by atoms with E-state index in [1.807, 2.05) is 11.8 Å². The summed E-state index contributed by atoms with van der Waals surface area (Å²) in [4.78, 5) is 18.9. The fraction of sp³-hybridized carbons (Fsp3) is 0.882. The number of aliphatic imine (C=N–C) groups is 1. The van der Waals surface area contributed by atoms with Gasteiger partial charge in [-0.15, -0.1) is 0 Å². The number of hydrogen-bond donors (Lipinski definition) is 2. The second kappa shape index (κ2) is 9.75. The largest absolute Gasteiger partial charge is 0.376 e. The van der Waals surface area contributed by atoms with Crippen LogP contribution in [0, 0.1) is 0 Å². The van der Waals surface area contributed by atoms with Crippen molar-refractivity contribution < 1.29 is 9.53 Å². The SMILES string of the molecule is CCNC(=NCC1CCCO1)NCCC(=O)N1CCCCC1C. The average Bonchev–Trinajstić information content (AvgIpc) is 3.06. The molecule has 0 aliphatic carbocycles. The van der Waals surface area contributed by atoms with Gasteiger partial charge in [-0.3, -0.25) is 9.79 Å². The summed E-state index contributed by atoms with van der Waals surface area (Å²) in [5.74, 6) is 1.03. The summed E-state index contributed by atoms with van der Waals surface area (Å²) in [6.45, 7) is 8.08. The maximum Gasteiger partial charge on any atom is 0.224 e. The van der Waals surface area contributed by atoms with E-state index in [1.165, 1.54) is 6.42 Å². The van der Waals surface area contributed by atoms with Crippen molar-refractivity contribution in [3.63, 3.8) is 0 Å². The van der Waals surface area contributed by atoms with E-state index in [9.17, 15) is 4.79 Å². The fourth-order valence-corrected chi connectivity index (χ4v) is 3.22. The standard InChI is InChI=1S/C17H32N4O2/c1-3-18-17(20-13-15-8-6-12-23-15)19-10-9-16(22)21-11-5-4-7-14(21)2/h14-15H,3-13H2,1-2H3,(H2,18,19,20). The Morgan fingerprint density at radius 1 is 1.26 bits per heavy atom. The first-order chi connectivity index (χ1) is 11.2. The van der Waals surface area contributed by atoms with E-state index in [-0.39, 0.29) is 12.0 Å². The van der Waals surface area contributed by atoms with Crippen LogP contribution >= 0.6 is 0 Å². The van der Waals surface area contributed by atoms with Gasteiger partial charge in [0.1, 0.15) is 0 Å². The molecule has 2 fully saturated rings. The minimum Gasteiger partial charge on any atom is -0.376 e. The van der Waals surface area contributed by atoms with E-state index in [2.05, 4.69) is 22.5 Å². The molecule has 2 N–H and O–H groups in total. The lowest BCUT2D eigenvalue weighted by atomic mass is 10.0. The molecule has 2 rings (SSSR count). The normalized spacial score (nSPS) is 25.5. The number of likely N-dealkylation sites (tertiary alicyclic amines) is 1. The Morgan fingerprint density at radius 2 is 2.13 bits per heavy atom. The number of carbonyl (C=O) groups excluding carboxylic acids is 1. The first-order valence-electron chi connectivity index (χ1n) is 9.14. The van der Waals surface area contributed by atoms with Crippen LogP contribution in [-0.4, -0.2) is 61.7 Å². The second-order valence-corrected chi connectivity index (χ2v) is 6.46. The predicted molar refractivity (Wildman–Crippen MR) is 92.6 cm³/mol. The van der Waals surface area contributed by atoms with Crippen molar-refractivity contribution in [2.24, 2.45) is 4.99 Å². The zero-order valence-corrected chi connectivity index (χ0v) is 14.6. The fourth-order valence-electron chi connectivity index (χ4n) is 3.22. The van der Waals surface area contributed by atoms with Gasteiger partial charge >= 0.3 is 0 Å². The Hall–Kier alpha value is -1.30. The molecule has 0 saturated carbocycles. The number of carbonyl (C=O) groups is 1. The molecule has 2 atom stereocenters. The zero-order valence-electron chi connectivity index (χ0n) is 14.6. The first kappa shape index (κ1) is 18.0. The summed E-state index contributed by atoms with van der Waals surface area (Å²) in [6, 6.07) is 0.387. The van der Waals surface area contributed by atoms with E-state index in [1.54, 1.807) is 0 Å². The molecule has 2 unspecified atom stereocenters. The molecule has 0 radical (unpaired) electrons. The molecular formula is C17H32N4O2. The van der Waals surface area contributed by atoms with Gasteiger partial charge in [-0.2, -0.15) is 0 Å². The molecule has 1 amide bonds. The zero-order chi connectivity index (χ0) is 16.5. The van der Waals surface area contributed by atoms with Crippen LogP contribution in [0.25, 0.3) is 0 Å². The highest BCUT2D eigenvalue weighted by Gasteiger charge is 2.22. The third kappa shape index (κ3) is 6.01. The number of nitrogens with one attached hydrogen (secondary N) is 2. The highest BCUT2D eigenvalue weighted by atomic mass is 16.5. The maximum absolute atomic E-state index is 12.3. The van der Waals surface area contributed by atoms with Crippen LogP contribution in [0.5, 0.6) is 0 Å². The lowest BCUT2D eigenvalue weighted by molar-refractivity contribution is -0.134. The summed E-state index contributed by atoms with van der Waals surface area (Å²) >= 11 is 0. The Morgan fingerprint density at radius 3 is 2.83 bits per heavy atom. The summed E-state index contributed by atoms with van der Waals surface area (Å²) in [7, 11) is 0. The topological polar surface area (TPSA) is 66.0 Å². The predicted octanol–water partition coefficient (Wildman–Crippen LogP) is 1.51. The third-order valence-corrected chi connectivity index (χ3v) is 4.58. The third-order valence-electron chi connectivity index (χ3n) is 4.58. The van der Waals surface area contributed by atoms with Crippen LogP contribution in [0.3, 0.4) is 0 Å². The van der Waals surface area contributed by atoms with E-state index in [0.717, 1.165) is 51.3 Å². The van der Waals surface area contributed by atoms with Crippen molar-refractivity contribution >= 4 is 11.9 Å². The second-order valence-electron chi connectivity index (χ2n) is 6.46. The number of guanidine groups is 1.